The van der Waals surface area contributed by atoms with E-state index in [0.717, 1.165) is 28.0 Å². The van der Waals surface area contributed by atoms with Crippen LogP contribution in [-0.2, 0) is 5.75 Å². The molecule has 3 rings (SSSR count). The van der Waals surface area contributed by atoms with Crippen molar-refractivity contribution in [3.05, 3.63) is 65.9 Å². The number of rotatable bonds is 3. The molecule has 0 spiro atoms. The summed E-state index contributed by atoms with van der Waals surface area (Å²) < 4.78 is 0. The molecule has 2 aromatic carbocycles. The fourth-order valence-electron chi connectivity index (χ4n) is 2.19. The third-order valence-electron chi connectivity index (χ3n) is 3.16. The van der Waals surface area contributed by atoms with Gasteiger partial charge < -0.3 is 5.73 Å². The number of pyridine rings is 1. The van der Waals surface area contributed by atoms with Crippen molar-refractivity contribution in [3.63, 3.8) is 0 Å². The number of nitrogens with two attached hydrogens (primary N) is 1. The third kappa shape index (κ3) is 2.78. The summed E-state index contributed by atoms with van der Waals surface area (Å²) in [5, 5.41) is 1.14. The minimum Gasteiger partial charge on any atom is -0.399 e. The Kier molecular flexibility index (Phi) is 3.61. The molecule has 0 saturated heterocycles. The van der Waals surface area contributed by atoms with Crippen LogP contribution < -0.4 is 5.73 Å². The zero-order valence-corrected chi connectivity index (χ0v) is 12.2. The highest BCUT2D eigenvalue weighted by atomic mass is 32.2. The van der Waals surface area contributed by atoms with Crippen molar-refractivity contribution in [3.8, 4) is 0 Å². The summed E-state index contributed by atoms with van der Waals surface area (Å²) in [5.74, 6) is 0.953. The number of aromatic nitrogens is 1. The predicted octanol–water partition coefficient (Wildman–Crippen LogP) is 4.42. The Hall–Kier alpha value is -2.00. The van der Waals surface area contributed by atoms with Crippen LogP contribution in [0.15, 0.2) is 59.5 Å². The highest BCUT2D eigenvalue weighted by Crippen LogP contribution is 2.31. The number of nitrogens with zero attached hydrogens (tertiary/aromatic N) is 1. The number of thioether (sulfide) groups is 1. The highest BCUT2D eigenvalue weighted by Gasteiger charge is 2.05. The number of hydrogen-bond donors (Lipinski definition) is 1. The Balaban J connectivity index is 1.96. The van der Waals surface area contributed by atoms with Crippen molar-refractivity contribution in [2.45, 2.75) is 17.6 Å². The van der Waals surface area contributed by atoms with E-state index in [9.17, 15) is 0 Å². The molecule has 0 aliphatic rings. The second kappa shape index (κ2) is 5.55. The zero-order valence-electron chi connectivity index (χ0n) is 11.3. The maximum atomic E-state index is 5.90. The first-order valence-electron chi connectivity index (χ1n) is 6.56. The Bertz CT molecular complexity index is 739. The fraction of sp³-hybridized carbons (Fsp3) is 0.118. The van der Waals surface area contributed by atoms with Gasteiger partial charge in [-0.05, 0) is 36.8 Å². The largest absolute Gasteiger partial charge is 0.399 e. The van der Waals surface area contributed by atoms with Crippen molar-refractivity contribution in [1.29, 1.82) is 0 Å². The van der Waals surface area contributed by atoms with Crippen LogP contribution >= 0.6 is 11.8 Å². The van der Waals surface area contributed by atoms with Crippen molar-refractivity contribution in [2.75, 3.05) is 5.73 Å². The number of benzene rings is 2. The average Bonchev–Trinajstić information content (AvgIpc) is 2.46. The minimum atomic E-state index is 0.782. The number of nitrogen functional groups attached to an aromatic ring is 1. The van der Waals surface area contributed by atoms with Gasteiger partial charge in [0, 0.05) is 27.4 Å². The molecular weight excluding hydrogens is 264 g/mol. The van der Waals surface area contributed by atoms with Crippen LogP contribution in [0.25, 0.3) is 10.9 Å². The molecule has 3 aromatic rings. The van der Waals surface area contributed by atoms with E-state index in [1.54, 1.807) is 0 Å². The molecule has 0 atom stereocenters. The van der Waals surface area contributed by atoms with Crippen molar-refractivity contribution in [2.24, 2.45) is 0 Å². The molecule has 100 valence electrons. The van der Waals surface area contributed by atoms with Gasteiger partial charge in [-0.15, -0.1) is 11.8 Å². The van der Waals surface area contributed by atoms with Crippen LogP contribution in [0.4, 0.5) is 5.69 Å². The average molecular weight is 280 g/mol. The molecule has 0 aliphatic carbocycles. The third-order valence-corrected chi connectivity index (χ3v) is 4.29. The van der Waals surface area contributed by atoms with Crippen LogP contribution in [0.5, 0.6) is 0 Å². The van der Waals surface area contributed by atoms with Gasteiger partial charge in [0.1, 0.15) is 0 Å². The van der Waals surface area contributed by atoms with Gasteiger partial charge in [-0.3, -0.25) is 4.98 Å². The molecule has 0 bridgehead atoms. The molecule has 0 radical (unpaired) electrons. The second-order valence-corrected chi connectivity index (χ2v) is 5.83. The number of anilines is 1. The number of hydrogen-bond acceptors (Lipinski definition) is 3. The molecule has 1 heterocycles. The van der Waals surface area contributed by atoms with E-state index < -0.39 is 0 Å². The van der Waals surface area contributed by atoms with Gasteiger partial charge in [0.15, 0.2) is 0 Å². The Morgan fingerprint density at radius 1 is 1.05 bits per heavy atom. The quantitative estimate of drug-likeness (QED) is 0.570. The zero-order chi connectivity index (χ0) is 13.9. The van der Waals surface area contributed by atoms with E-state index in [1.807, 2.05) is 43.0 Å². The van der Waals surface area contributed by atoms with E-state index in [0.29, 0.717) is 0 Å². The van der Waals surface area contributed by atoms with E-state index >= 15 is 0 Å². The van der Waals surface area contributed by atoms with Gasteiger partial charge >= 0.3 is 0 Å². The van der Waals surface area contributed by atoms with Crippen LogP contribution in [-0.4, -0.2) is 4.98 Å². The van der Waals surface area contributed by atoms with Gasteiger partial charge in [0.2, 0.25) is 0 Å². The fourth-order valence-corrected chi connectivity index (χ4v) is 3.28. The van der Waals surface area contributed by atoms with E-state index in [4.69, 9.17) is 5.73 Å². The number of fused-ring (bicyclic) bond motifs is 1. The van der Waals surface area contributed by atoms with Crippen LogP contribution in [0.1, 0.15) is 11.3 Å². The predicted molar refractivity (Wildman–Crippen MR) is 86.9 cm³/mol. The minimum absolute atomic E-state index is 0.782. The lowest BCUT2D eigenvalue weighted by molar-refractivity contribution is 1.22. The Morgan fingerprint density at radius 2 is 1.85 bits per heavy atom. The summed E-state index contributed by atoms with van der Waals surface area (Å²) in [6.45, 7) is 2.03. The first kappa shape index (κ1) is 13.0. The number of aryl methyl sites for hydroxylation is 1. The lowest BCUT2D eigenvalue weighted by atomic mass is 10.2. The van der Waals surface area contributed by atoms with Gasteiger partial charge in [0.05, 0.1) is 5.52 Å². The van der Waals surface area contributed by atoms with Crippen molar-refractivity contribution in [1.82, 2.24) is 4.98 Å². The summed E-state index contributed by atoms with van der Waals surface area (Å²) in [6.07, 6.45) is 0. The van der Waals surface area contributed by atoms with Gasteiger partial charge in [0.25, 0.3) is 0 Å². The summed E-state index contributed by atoms with van der Waals surface area (Å²) in [4.78, 5) is 5.80. The van der Waals surface area contributed by atoms with Gasteiger partial charge in [-0.2, -0.15) is 0 Å². The molecule has 3 heteroatoms. The lowest BCUT2D eigenvalue weighted by Gasteiger charge is -2.08. The van der Waals surface area contributed by atoms with E-state index in [2.05, 4.69) is 35.3 Å². The molecule has 0 amide bonds. The molecule has 20 heavy (non-hydrogen) atoms. The SMILES string of the molecule is Cc1cc(SCc2ccccc2)c2cc(N)ccc2n1. The van der Waals surface area contributed by atoms with Gasteiger partial charge in [-0.25, -0.2) is 0 Å². The maximum absolute atomic E-state index is 5.90. The first-order chi connectivity index (χ1) is 9.72. The standard InChI is InChI=1S/C17H16N2S/c1-12-9-17(20-11-13-5-3-2-4-6-13)15-10-14(18)7-8-16(15)19-12/h2-10H,11,18H2,1H3. The molecule has 1 aromatic heterocycles. The van der Waals surface area contributed by atoms with Crippen LogP contribution in [0.3, 0.4) is 0 Å². The molecular formula is C17H16N2S. The normalized spacial score (nSPS) is 10.8. The van der Waals surface area contributed by atoms with Crippen molar-refractivity contribution < 1.29 is 0 Å². The maximum Gasteiger partial charge on any atom is 0.0717 e. The smallest absolute Gasteiger partial charge is 0.0717 e. The van der Waals surface area contributed by atoms with Crippen LogP contribution in [0, 0.1) is 6.92 Å². The van der Waals surface area contributed by atoms with E-state index in [-0.39, 0.29) is 0 Å². The molecule has 2 N–H and O–H groups in total. The topological polar surface area (TPSA) is 38.9 Å². The molecule has 0 unspecified atom stereocenters. The summed E-state index contributed by atoms with van der Waals surface area (Å²) in [7, 11) is 0. The molecule has 0 saturated carbocycles. The summed E-state index contributed by atoms with van der Waals surface area (Å²) in [5.41, 5.74) is 10.1. The highest BCUT2D eigenvalue weighted by molar-refractivity contribution is 7.98. The van der Waals surface area contributed by atoms with Gasteiger partial charge in [-0.1, -0.05) is 30.3 Å². The lowest BCUT2D eigenvalue weighted by Crippen LogP contribution is -1.90. The van der Waals surface area contributed by atoms with E-state index in [1.165, 1.54) is 10.5 Å². The first-order valence-corrected chi connectivity index (χ1v) is 7.54. The second-order valence-electron chi connectivity index (χ2n) is 4.81. The van der Waals surface area contributed by atoms with Crippen LogP contribution in [0.2, 0.25) is 0 Å². The Labute approximate surface area is 123 Å². The Morgan fingerprint density at radius 3 is 2.65 bits per heavy atom. The molecule has 2 nitrogen and oxygen atoms in total. The molecule has 0 fully saturated rings. The van der Waals surface area contributed by atoms with Crippen molar-refractivity contribution >= 4 is 28.4 Å². The summed E-state index contributed by atoms with van der Waals surface area (Å²) in [6, 6.07) is 18.5. The monoisotopic (exact) mass is 280 g/mol. The summed E-state index contributed by atoms with van der Waals surface area (Å²) >= 11 is 1.83. The molecule has 0 aliphatic heterocycles.